The fourth-order valence-corrected chi connectivity index (χ4v) is 7.90. The highest BCUT2D eigenvalue weighted by Crippen LogP contribution is 2.40. The molecule has 1 atom stereocenters. The van der Waals surface area contributed by atoms with Gasteiger partial charge in [-0.15, -0.1) is 0 Å². The maximum Gasteiger partial charge on any atom is 0.335 e. The molecule has 0 bridgehead atoms. The van der Waals surface area contributed by atoms with Gasteiger partial charge in [0.15, 0.2) is 0 Å². The monoisotopic (exact) mass is 714 g/mol. The molecule has 0 radical (unpaired) electrons. The minimum Gasteiger partial charge on any atom is -0.493 e. The van der Waals surface area contributed by atoms with Crippen molar-refractivity contribution >= 4 is 38.5 Å². The molecule has 5 aromatic carbocycles. The predicted octanol–water partition coefficient (Wildman–Crippen LogP) is 8.71. The van der Waals surface area contributed by atoms with Crippen molar-refractivity contribution in [3.05, 3.63) is 171 Å². The molecule has 1 aromatic heterocycles. The lowest BCUT2D eigenvalue weighted by molar-refractivity contribution is 0.0696. The molecular weight excluding hydrogens is 682 g/mol. The molecule has 0 aliphatic heterocycles. The van der Waals surface area contributed by atoms with E-state index in [9.17, 15) is 27.1 Å². The molecule has 1 heterocycles. The van der Waals surface area contributed by atoms with Crippen LogP contribution in [0.2, 0.25) is 5.02 Å². The quantitative estimate of drug-likeness (QED) is 0.125. The second-order valence-electron chi connectivity index (χ2n) is 11.8. The van der Waals surface area contributed by atoms with E-state index in [4.69, 9.17) is 16.3 Å². The summed E-state index contributed by atoms with van der Waals surface area (Å²) in [6, 6.07) is 33.1. The Morgan fingerprint density at radius 3 is 2.02 bits per heavy atom. The molecule has 6 rings (SSSR count). The number of hydrogen-bond donors (Lipinski definition) is 2. The lowest BCUT2D eigenvalue weighted by atomic mass is 9.97. The molecule has 2 N–H and O–H groups in total. The van der Waals surface area contributed by atoms with E-state index >= 15 is 0 Å². The van der Waals surface area contributed by atoms with Crippen LogP contribution in [0.15, 0.2) is 121 Å². The van der Waals surface area contributed by atoms with Gasteiger partial charge in [0.25, 0.3) is 0 Å². The summed E-state index contributed by atoms with van der Waals surface area (Å²) < 4.78 is 67.2. The highest BCUT2D eigenvalue weighted by molar-refractivity contribution is 7.88. The zero-order valence-corrected chi connectivity index (χ0v) is 28.5. The van der Waals surface area contributed by atoms with Gasteiger partial charge in [-0.2, -0.15) is 0 Å². The van der Waals surface area contributed by atoms with Crippen LogP contribution in [0.5, 0.6) is 5.75 Å². The maximum atomic E-state index is 14.6. The normalized spacial score (nSPS) is 12.3. The van der Waals surface area contributed by atoms with E-state index < -0.39 is 51.0 Å². The van der Waals surface area contributed by atoms with Crippen molar-refractivity contribution in [1.29, 1.82) is 0 Å². The molecule has 0 fully saturated rings. The second kappa shape index (κ2) is 14.8. The number of carbonyl (C=O) groups is 1. The van der Waals surface area contributed by atoms with Crippen molar-refractivity contribution < 1.29 is 31.8 Å². The van der Waals surface area contributed by atoms with E-state index in [1.54, 1.807) is 25.1 Å². The molecule has 1 unspecified atom stereocenters. The molecule has 50 heavy (non-hydrogen) atoms. The molecule has 11 heteroatoms. The molecule has 6 aromatic rings. The van der Waals surface area contributed by atoms with Gasteiger partial charge in [-0.25, -0.2) is 26.7 Å². The lowest BCUT2D eigenvalue weighted by Crippen LogP contribution is -2.31. The van der Waals surface area contributed by atoms with Gasteiger partial charge in [0.2, 0.25) is 10.0 Å². The third-order valence-corrected chi connectivity index (χ3v) is 10.1. The van der Waals surface area contributed by atoms with E-state index in [1.807, 2.05) is 72.8 Å². The van der Waals surface area contributed by atoms with Gasteiger partial charge in [0.1, 0.15) is 17.4 Å². The van der Waals surface area contributed by atoms with Crippen molar-refractivity contribution in [2.45, 2.75) is 31.2 Å². The van der Waals surface area contributed by atoms with Gasteiger partial charge in [-0.1, -0.05) is 78.3 Å². The van der Waals surface area contributed by atoms with Crippen LogP contribution in [0.4, 0.5) is 8.78 Å². The average molecular weight is 715 g/mol. The van der Waals surface area contributed by atoms with Crippen molar-refractivity contribution in [3.8, 4) is 5.75 Å². The number of rotatable bonds is 13. The first-order valence-electron chi connectivity index (χ1n) is 15.8. The number of aromatic carboxylic acids is 1. The van der Waals surface area contributed by atoms with Crippen LogP contribution in [0.1, 0.15) is 57.3 Å². The third kappa shape index (κ3) is 7.57. The lowest BCUT2D eigenvalue weighted by Gasteiger charge is -2.27. The number of carboxylic acid groups (broad SMARTS) is 1. The van der Waals surface area contributed by atoms with E-state index in [2.05, 4.69) is 9.29 Å². The Hall–Kier alpha value is -5.03. The number of carboxylic acids is 1. The SMILES string of the molecule is CC(NS(=O)(=O)Cc1c(F)cccc1F)c1c(CCOc2ccc(C(=O)O)cc2)c2cc(Cl)ccc2n1C(c1ccccc1)c1ccccc1. The smallest absolute Gasteiger partial charge is 0.335 e. The number of fused-ring (bicyclic) bond motifs is 1. The van der Waals surface area contributed by atoms with Crippen molar-refractivity contribution in [2.75, 3.05) is 6.61 Å². The van der Waals surface area contributed by atoms with Crippen LogP contribution in [-0.2, 0) is 22.2 Å². The minimum absolute atomic E-state index is 0.126. The number of hydrogen-bond acceptors (Lipinski definition) is 4. The Balaban J connectivity index is 1.49. The van der Waals surface area contributed by atoms with Crippen LogP contribution in [0.25, 0.3) is 10.9 Å². The molecule has 0 aliphatic carbocycles. The first kappa shape index (κ1) is 34.8. The van der Waals surface area contributed by atoms with Gasteiger partial charge in [0.05, 0.1) is 30.0 Å². The summed E-state index contributed by atoms with van der Waals surface area (Å²) in [5.41, 5.74) is 3.62. The van der Waals surface area contributed by atoms with E-state index in [-0.39, 0.29) is 12.2 Å². The molecule has 0 saturated heterocycles. The van der Waals surface area contributed by atoms with Gasteiger partial charge in [-0.3, -0.25) is 0 Å². The molecule has 0 aliphatic rings. The van der Waals surface area contributed by atoms with Gasteiger partial charge < -0.3 is 14.4 Å². The summed E-state index contributed by atoms with van der Waals surface area (Å²) >= 11 is 6.57. The molecule has 0 spiro atoms. The number of aromatic nitrogens is 1. The number of halogens is 3. The molecule has 0 amide bonds. The number of ether oxygens (including phenoxy) is 1. The van der Waals surface area contributed by atoms with Crippen molar-refractivity contribution in [3.63, 3.8) is 0 Å². The van der Waals surface area contributed by atoms with Crippen molar-refractivity contribution in [1.82, 2.24) is 9.29 Å². The standard InChI is InChI=1S/C39H33ClF2N2O5S/c1-25(43-50(47,48)24-33-34(41)13-8-14-35(33)42)37-31(21-22-49-30-18-15-28(16-19-30)39(45)46)32-23-29(40)17-20-36(32)44(37)38(26-9-4-2-5-10-26)27-11-6-3-7-12-27/h2-20,23,25,38,43H,21-22,24H2,1H3,(H,45,46). The van der Waals surface area contributed by atoms with Gasteiger partial charge >= 0.3 is 5.97 Å². The third-order valence-electron chi connectivity index (χ3n) is 8.49. The molecular formula is C39H33ClF2N2O5S. The predicted molar refractivity (Wildman–Crippen MR) is 190 cm³/mol. The Kier molecular flexibility index (Phi) is 10.3. The largest absolute Gasteiger partial charge is 0.493 e. The number of nitrogens with one attached hydrogen (secondary N) is 1. The summed E-state index contributed by atoms with van der Waals surface area (Å²) in [5.74, 6) is -3.38. The molecule has 0 saturated carbocycles. The Bertz CT molecular complexity index is 2190. The van der Waals surface area contributed by atoms with Crippen LogP contribution in [0, 0.1) is 11.6 Å². The van der Waals surface area contributed by atoms with Gasteiger partial charge in [0, 0.05) is 33.6 Å². The number of benzene rings is 5. The van der Waals surface area contributed by atoms with E-state index in [0.717, 1.165) is 39.7 Å². The number of nitrogens with zero attached hydrogens (tertiary/aromatic N) is 1. The minimum atomic E-state index is -4.28. The zero-order valence-electron chi connectivity index (χ0n) is 26.9. The summed E-state index contributed by atoms with van der Waals surface area (Å²) in [5, 5.41) is 10.5. The Labute approximate surface area is 293 Å². The van der Waals surface area contributed by atoms with Crippen LogP contribution in [-0.4, -0.2) is 30.7 Å². The van der Waals surface area contributed by atoms with Crippen molar-refractivity contribution in [2.24, 2.45) is 0 Å². The summed E-state index contributed by atoms with van der Waals surface area (Å²) in [6.45, 7) is 1.86. The van der Waals surface area contributed by atoms with Crippen LogP contribution >= 0.6 is 11.6 Å². The maximum absolute atomic E-state index is 14.6. The molecule has 256 valence electrons. The van der Waals surface area contributed by atoms with Crippen LogP contribution < -0.4 is 9.46 Å². The average Bonchev–Trinajstić information content (AvgIpc) is 3.40. The first-order valence-corrected chi connectivity index (χ1v) is 17.9. The molecule has 7 nitrogen and oxygen atoms in total. The topological polar surface area (TPSA) is 97.6 Å². The Morgan fingerprint density at radius 1 is 0.840 bits per heavy atom. The Morgan fingerprint density at radius 2 is 1.44 bits per heavy atom. The fourth-order valence-electron chi connectivity index (χ4n) is 6.34. The zero-order chi connectivity index (χ0) is 35.4. The van der Waals surface area contributed by atoms with Gasteiger partial charge in [-0.05, 0) is 78.2 Å². The first-order chi connectivity index (χ1) is 24.0. The summed E-state index contributed by atoms with van der Waals surface area (Å²) in [4.78, 5) is 11.3. The summed E-state index contributed by atoms with van der Waals surface area (Å²) in [7, 11) is -4.28. The van der Waals surface area contributed by atoms with E-state index in [0.29, 0.717) is 22.9 Å². The highest BCUT2D eigenvalue weighted by Gasteiger charge is 2.31. The van der Waals surface area contributed by atoms with Crippen LogP contribution in [0.3, 0.4) is 0 Å². The summed E-state index contributed by atoms with van der Waals surface area (Å²) in [6.07, 6.45) is 0.310. The number of sulfonamides is 1. The fraction of sp³-hybridized carbons (Fsp3) is 0.154. The van der Waals surface area contributed by atoms with E-state index in [1.165, 1.54) is 18.2 Å². The second-order valence-corrected chi connectivity index (χ2v) is 14.0. The highest BCUT2D eigenvalue weighted by atomic mass is 35.5.